The fourth-order valence-corrected chi connectivity index (χ4v) is 2.17. The lowest BCUT2D eigenvalue weighted by Gasteiger charge is -2.05. The summed E-state index contributed by atoms with van der Waals surface area (Å²) in [4.78, 5) is 12.8. The molecule has 1 aromatic carbocycles. The SMILES string of the molecule is Nc1ccc(F)c(C(=O)OCCc2cccs2)c1. The van der Waals surface area contributed by atoms with Crippen molar-refractivity contribution in [2.45, 2.75) is 6.42 Å². The van der Waals surface area contributed by atoms with Crippen molar-refractivity contribution in [3.63, 3.8) is 0 Å². The van der Waals surface area contributed by atoms with Gasteiger partial charge in [0.1, 0.15) is 5.82 Å². The van der Waals surface area contributed by atoms with Crippen molar-refractivity contribution in [1.29, 1.82) is 0 Å². The second-order valence-corrected chi connectivity index (χ2v) is 4.74. The lowest BCUT2D eigenvalue weighted by atomic mass is 10.2. The van der Waals surface area contributed by atoms with Gasteiger partial charge in [0.05, 0.1) is 12.2 Å². The third-order valence-electron chi connectivity index (χ3n) is 2.37. The van der Waals surface area contributed by atoms with E-state index in [1.165, 1.54) is 12.1 Å². The Hall–Kier alpha value is -1.88. The molecule has 2 N–H and O–H groups in total. The molecule has 0 fully saturated rings. The zero-order chi connectivity index (χ0) is 13.0. The molecule has 1 aromatic heterocycles. The summed E-state index contributed by atoms with van der Waals surface area (Å²) in [5, 5.41) is 1.95. The highest BCUT2D eigenvalue weighted by molar-refractivity contribution is 7.09. The molecule has 0 aliphatic carbocycles. The van der Waals surface area contributed by atoms with Crippen molar-refractivity contribution in [3.8, 4) is 0 Å². The number of esters is 1. The molecule has 0 unspecified atom stereocenters. The molecule has 1 heterocycles. The number of carbonyl (C=O) groups is 1. The molecule has 3 nitrogen and oxygen atoms in total. The molecule has 0 aliphatic heterocycles. The van der Waals surface area contributed by atoms with Crippen LogP contribution in [0.25, 0.3) is 0 Å². The molecule has 2 rings (SSSR count). The van der Waals surface area contributed by atoms with Crippen molar-refractivity contribution in [2.75, 3.05) is 12.3 Å². The van der Waals surface area contributed by atoms with Crippen LogP contribution >= 0.6 is 11.3 Å². The first kappa shape index (κ1) is 12.6. The summed E-state index contributed by atoms with van der Waals surface area (Å²) < 4.78 is 18.4. The Morgan fingerprint density at radius 3 is 2.94 bits per heavy atom. The first-order chi connectivity index (χ1) is 8.66. The number of hydrogen-bond donors (Lipinski definition) is 1. The van der Waals surface area contributed by atoms with Gasteiger partial charge in [-0.25, -0.2) is 9.18 Å². The van der Waals surface area contributed by atoms with Crippen molar-refractivity contribution in [2.24, 2.45) is 0 Å². The van der Waals surface area contributed by atoms with Gasteiger partial charge in [0.2, 0.25) is 0 Å². The molecule has 94 valence electrons. The van der Waals surface area contributed by atoms with Crippen molar-refractivity contribution >= 4 is 23.0 Å². The molecular formula is C13H12FNO2S. The molecule has 0 saturated carbocycles. The smallest absolute Gasteiger partial charge is 0.341 e. The van der Waals surface area contributed by atoms with E-state index < -0.39 is 11.8 Å². The van der Waals surface area contributed by atoms with Gasteiger partial charge in [0.25, 0.3) is 0 Å². The van der Waals surface area contributed by atoms with Crippen LogP contribution in [0, 0.1) is 5.82 Å². The van der Waals surface area contributed by atoms with Crippen LogP contribution in [0.1, 0.15) is 15.2 Å². The van der Waals surface area contributed by atoms with Crippen LogP contribution in [0.2, 0.25) is 0 Å². The van der Waals surface area contributed by atoms with Gasteiger partial charge in [0.15, 0.2) is 0 Å². The lowest BCUT2D eigenvalue weighted by molar-refractivity contribution is 0.0505. The van der Waals surface area contributed by atoms with Crippen LogP contribution in [-0.2, 0) is 11.2 Å². The molecule has 0 saturated heterocycles. The van der Waals surface area contributed by atoms with E-state index in [4.69, 9.17) is 10.5 Å². The van der Waals surface area contributed by atoms with Gasteiger partial charge in [-0.15, -0.1) is 11.3 Å². The van der Waals surface area contributed by atoms with Crippen LogP contribution in [0.5, 0.6) is 0 Å². The average molecular weight is 265 g/mol. The predicted octanol–water partition coefficient (Wildman–Crippen LogP) is 2.87. The van der Waals surface area contributed by atoms with Gasteiger partial charge >= 0.3 is 5.97 Å². The molecule has 18 heavy (non-hydrogen) atoms. The van der Waals surface area contributed by atoms with Gasteiger partial charge in [-0.2, -0.15) is 0 Å². The standard InChI is InChI=1S/C13H12FNO2S/c14-12-4-3-9(15)8-11(12)13(16)17-6-5-10-2-1-7-18-10/h1-4,7-8H,5-6,15H2. The van der Waals surface area contributed by atoms with E-state index in [0.717, 1.165) is 10.9 Å². The normalized spacial score (nSPS) is 10.3. The third-order valence-corrected chi connectivity index (χ3v) is 3.31. The second kappa shape index (κ2) is 5.64. The Balaban J connectivity index is 1.93. The number of anilines is 1. The molecule has 5 heteroatoms. The molecule has 0 aliphatic rings. The van der Waals surface area contributed by atoms with E-state index in [1.807, 2.05) is 17.5 Å². The third kappa shape index (κ3) is 3.07. The Kier molecular flexibility index (Phi) is 3.94. The van der Waals surface area contributed by atoms with Crippen LogP contribution < -0.4 is 5.73 Å². The number of ether oxygens (including phenoxy) is 1. The Bertz CT molecular complexity index is 540. The monoisotopic (exact) mass is 265 g/mol. The van der Waals surface area contributed by atoms with Crippen LogP contribution in [-0.4, -0.2) is 12.6 Å². The van der Waals surface area contributed by atoms with Gasteiger partial charge in [-0.1, -0.05) is 6.07 Å². The highest BCUT2D eigenvalue weighted by atomic mass is 32.1. The topological polar surface area (TPSA) is 52.3 Å². The summed E-state index contributed by atoms with van der Waals surface area (Å²) in [6.45, 7) is 0.230. The van der Waals surface area contributed by atoms with Crippen LogP contribution in [0.3, 0.4) is 0 Å². The lowest BCUT2D eigenvalue weighted by Crippen LogP contribution is -2.10. The maximum atomic E-state index is 13.4. The van der Waals surface area contributed by atoms with E-state index in [-0.39, 0.29) is 12.2 Å². The summed E-state index contributed by atoms with van der Waals surface area (Å²) in [5.41, 5.74) is 5.71. The van der Waals surface area contributed by atoms with E-state index in [9.17, 15) is 9.18 Å². The van der Waals surface area contributed by atoms with Crippen molar-refractivity contribution in [3.05, 3.63) is 52.0 Å². The molecule has 0 amide bonds. The summed E-state index contributed by atoms with van der Waals surface area (Å²) in [6, 6.07) is 7.73. The summed E-state index contributed by atoms with van der Waals surface area (Å²) in [6.07, 6.45) is 0.632. The zero-order valence-electron chi connectivity index (χ0n) is 9.56. The Morgan fingerprint density at radius 1 is 1.39 bits per heavy atom. The average Bonchev–Trinajstić information content (AvgIpc) is 2.85. The van der Waals surface area contributed by atoms with Crippen LogP contribution in [0.4, 0.5) is 10.1 Å². The highest BCUT2D eigenvalue weighted by Crippen LogP contribution is 2.14. The van der Waals surface area contributed by atoms with Gasteiger partial charge in [-0.3, -0.25) is 0 Å². The molecule has 0 bridgehead atoms. The first-order valence-electron chi connectivity index (χ1n) is 5.41. The number of rotatable bonds is 4. The Labute approximate surface area is 108 Å². The van der Waals surface area contributed by atoms with E-state index in [2.05, 4.69) is 0 Å². The van der Waals surface area contributed by atoms with Crippen LogP contribution in [0.15, 0.2) is 35.7 Å². The number of hydrogen-bond acceptors (Lipinski definition) is 4. The molecular weight excluding hydrogens is 253 g/mol. The fraction of sp³-hybridized carbons (Fsp3) is 0.154. The fourth-order valence-electron chi connectivity index (χ4n) is 1.48. The van der Waals surface area contributed by atoms with Gasteiger partial charge in [0, 0.05) is 17.0 Å². The predicted molar refractivity (Wildman–Crippen MR) is 69.1 cm³/mol. The minimum absolute atomic E-state index is 0.124. The van der Waals surface area contributed by atoms with E-state index in [1.54, 1.807) is 11.3 Å². The maximum absolute atomic E-state index is 13.4. The summed E-state index contributed by atoms with van der Waals surface area (Å²) in [7, 11) is 0. The summed E-state index contributed by atoms with van der Waals surface area (Å²) >= 11 is 1.59. The van der Waals surface area contributed by atoms with Gasteiger partial charge < -0.3 is 10.5 Å². The number of benzene rings is 1. The maximum Gasteiger partial charge on any atom is 0.341 e. The van der Waals surface area contributed by atoms with Crippen molar-refractivity contribution in [1.82, 2.24) is 0 Å². The number of nitrogen functional groups attached to an aromatic ring is 1. The molecule has 0 atom stereocenters. The van der Waals surface area contributed by atoms with Crippen molar-refractivity contribution < 1.29 is 13.9 Å². The van der Waals surface area contributed by atoms with E-state index in [0.29, 0.717) is 12.1 Å². The quantitative estimate of drug-likeness (QED) is 0.683. The molecule has 2 aromatic rings. The minimum Gasteiger partial charge on any atom is -0.462 e. The number of nitrogens with two attached hydrogens (primary N) is 1. The van der Waals surface area contributed by atoms with E-state index >= 15 is 0 Å². The Morgan fingerprint density at radius 2 is 2.22 bits per heavy atom. The molecule has 0 radical (unpaired) electrons. The largest absolute Gasteiger partial charge is 0.462 e. The summed E-state index contributed by atoms with van der Waals surface area (Å²) in [5.74, 6) is -1.30. The first-order valence-corrected chi connectivity index (χ1v) is 6.29. The number of thiophene rings is 1. The number of halogens is 1. The number of carbonyl (C=O) groups excluding carboxylic acids is 1. The minimum atomic E-state index is -0.684. The molecule has 0 spiro atoms. The van der Waals surface area contributed by atoms with Gasteiger partial charge in [-0.05, 0) is 29.6 Å². The zero-order valence-corrected chi connectivity index (χ0v) is 10.4. The second-order valence-electron chi connectivity index (χ2n) is 3.70. The highest BCUT2D eigenvalue weighted by Gasteiger charge is 2.13.